The topological polar surface area (TPSA) is 63.1 Å². The molecule has 0 atom stereocenters. The number of hydrogen-bond donors (Lipinski definition) is 1. The molecule has 0 aliphatic heterocycles. The fourth-order valence-corrected chi connectivity index (χ4v) is 4.95. The Hall–Kier alpha value is -2.92. The van der Waals surface area contributed by atoms with E-state index in [9.17, 15) is 4.79 Å². The summed E-state index contributed by atoms with van der Waals surface area (Å²) in [5.74, 6) is -0.0625. The third kappa shape index (κ3) is 5.36. The minimum Gasteiger partial charge on any atom is -0.512 e. The molecule has 0 saturated heterocycles. The van der Waals surface area contributed by atoms with Crippen LogP contribution in [0.25, 0.3) is 42.3 Å². The number of carbonyl (C=O) groups is 1. The van der Waals surface area contributed by atoms with Crippen molar-refractivity contribution in [1.29, 1.82) is 0 Å². The van der Waals surface area contributed by atoms with Crippen molar-refractivity contribution in [3.05, 3.63) is 83.9 Å². The van der Waals surface area contributed by atoms with Crippen molar-refractivity contribution >= 4 is 48.2 Å². The van der Waals surface area contributed by atoms with Gasteiger partial charge in [0.05, 0.1) is 5.76 Å². The molecule has 0 spiro atoms. The first-order valence-corrected chi connectivity index (χ1v) is 11.1. The maximum Gasteiger partial charge on any atom is 0.155 e. The Bertz CT molecular complexity index is 1480. The summed E-state index contributed by atoms with van der Waals surface area (Å²) in [5, 5.41) is 13.3. The predicted molar refractivity (Wildman–Crippen MR) is 133 cm³/mol. The van der Waals surface area contributed by atoms with Crippen LogP contribution >= 0.6 is 11.3 Å². The van der Waals surface area contributed by atoms with Gasteiger partial charge in [0.2, 0.25) is 0 Å². The number of carbonyl (C=O) groups excluding carboxylic acids is 1. The second-order valence-electron chi connectivity index (χ2n) is 7.82. The van der Waals surface area contributed by atoms with Gasteiger partial charge in [0.1, 0.15) is 11.2 Å². The van der Waals surface area contributed by atoms with Crippen LogP contribution in [0.3, 0.4) is 0 Å². The average molecular weight is 632 g/mol. The van der Waals surface area contributed by atoms with Crippen molar-refractivity contribution in [2.45, 2.75) is 27.7 Å². The van der Waals surface area contributed by atoms with Crippen LogP contribution in [0, 0.1) is 19.9 Å². The van der Waals surface area contributed by atoms with E-state index in [0.29, 0.717) is 0 Å². The number of benzene rings is 3. The molecule has 1 N–H and O–H groups in total. The normalized spacial score (nSPS) is 11.2. The molecule has 0 unspecified atom stereocenters. The second kappa shape index (κ2) is 10.3. The maximum atomic E-state index is 10.0. The Kier molecular flexibility index (Phi) is 7.75. The Morgan fingerprint density at radius 1 is 1.03 bits per heavy atom. The molecule has 0 aliphatic rings. The van der Waals surface area contributed by atoms with Gasteiger partial charge in [-0.1, -0.05) is 44.2 Å². The molecule has 0 amide bonds. The molecule has 0 bridgehead atoms. The Morgan fingerprint density at radius 2 is 1.79 bits per heavy atom. The molecule has 33 heavy (non-hydrogen) atoms. The van der Waals surface area contributed by atoms with Crippen LogP contribution < -0.4 is 0 Å². The van der Waals surface area contributed by atoms with Crippen LogP contribution in [0.2, 0.25) is 0 Å². The third-order valence-corrected chi connectivity index (χ3v) is 6.04. The van der Waals surface area contributed by atoms with Crippen molar-refractivity contribution in [3.63, 3.8) is 0 Å². The van der Waals surface area contributed by atoms with Crippen molar-refractivity contribution < 1.29 is 30.0 Å². The number of rotatable bonds is 2. The van der Waals surface area contributed by atoms with E-state index in [1.165, 1.54) is 46.3 Å². The summed E-state index contributed by atoms with van der Waals surface area (Å²) in [6, 6.07) is 20.7. The van der Waals surface area contributed by atoms with E-state index in [4.69, 9.17) is 5.11 Å². The van der Waals surface area contributed by atoms with Crippen molar-refractivity contribution in [1.82, 2.24) is 9.97 Å². The quantitative estimate of drug-likeness (QED) is 0.128. The van der Waals surface area contributed by atoms with Crippen LogP contribution in [0.15, 0.2) is 66.7 Å². The zero-order valence-corrected chi connectivity index (χ0v) is 22.0. The zero-order chi connectivity index (χ0) is 22.8. The molecule has 0 aliphatic carbocycles. The van der Waals surface area contributed by atoms with Crippen molar-refractivity contribution in [3.8, 4) is 11.3 Å². The number of aryl methyl sites for hydroxylation is 2. The molecule has 169 valence electrons. The van der Waals surface area contributed by atoms with Crippen LogP contribution in [0.5, 0.6) is 0 Å². The number of thiophene rings is 1. The Balaban J connectivity index is 0.000000337. The predicted octanol–water partition coefficient (Wildman–Crippen LogP) is 7.12. The van der Waals surface area contributed by atoms with Crippen LogP contribution in [-0.4, -0.2) is 20.9 Å². The monoisotopic (exact) mass is 632 g/mol. The van der Waals surface area contributed by atoms with E-state index in [0.717, 1.165) is 27.0 Å². The first kappa shape index (κ1) is 24.7. The van der Waals surface area contributed by atoms with Gasteiger partial charge in [-0.15, -0.1) is 46.2 Å². The number of fused-ring (bicyclic) bond motifs is 5. The fourth-order valence-electron chi connectivity index (χ4n) is 3.89. The largest absolute Gasteiger partial charge is 0.512 e. The van der Waals surface area contributed by atoms with E-state index < -0.39 is 0 Å². The van der Waals surface area contributed by atoms with Gasteiger partial charge < -0.3 is 5.11 Å². The summed E-state index contributed by atoms with van der Waals surface area (Å²) in [6.07, 6.45) is 2.83. The summed E-state index contributed by atoms with van der Waals surface area (Å²) in [7, 11) is 0. The second-order valence-corrected chi connectivity index (χ2v) is 8.85. The zero-order valence-electron chi connectivity index (χ0n) is 18.8. The minimum atomic E-state index is -0.125. The summed E-state index contributed by atoms with van der Waals surface area (Å²) >= 11 is 1.73. The van der Waals surface area contributed by atoms with Crippen LogP contribution in [0.1, 0.15) is 25.0 Å². The first-order chi connectivity index (χ1) is 15.3. The van der Waals surface area contributed by atoms with Gasteiger partial charge in [0.25, 0.3) is 0 Å². The van der Waals surface area contributed by atoms with Gasteiger partial charge in [0, 0.05) is 47.3 Å². The maximum absolute atomic E-state index is 10.0. The SMILES string of the molecule is CC(=O)/C=C(/C)O.Cc1[c-]c(-c2ncnc3sc4ccc5ccccc5c4c23)cc(C)c1.[Ir]. The number of aliphatic hydroxyl groups excluding tert-OH is 1. The molecule has 0 saturated carbocycles. The summed E-state index contributed by atoms with van der Waals surface area (Å²) in [6.45, 7) is 7.04. The molecule has 5 rings (SSSR count). The number of nitrogens with zero attached hydrogens (tertiary/aromatic N) is 2. The standard InChI is InChI=1S/C22H15N2S.C5H8O2.Ir/c1-13-9-14(2)11-16(10-13)21-20-19-17-6-4-3-5-15(17)7-8-18(19)25-22(20)24-12-23-21;1-4(6)3-5(2)7;/h3-10,12H,1-2H3;3,6H,1-2H3;/q-1;;/b;4-3-;. The molecular formula is C27H23IrN2O2S-. The molecule has 5 aromatic rings. The first-order valence-electron chi connectivity index (χ1n) is 10.3. The smallest absolute Gasteiger partial charge is 0.155 e. The average Bonchev–Trinajstić information content (AvgIpc) is 3.11. The molecule has 4 nitrogen and oxygen atoms in total. The molecule has 6 heteroatoms. The molecule has 3 aromatic carbocycles. The van der Waals surface area contributed by atoms with Gasteiger partial charge in [-0.25, -0.2) is 4.98 Å². The van der Waals surface area contributed by atoms with E-state index >= 15 is 0 Å². The van der Waals surface area contributed by atoms with Gasteiger partial charge >= 0.3 is 0 Å². The van der Waals surface area contributed by atoms with Gasteiger partial charge in [0.15, 0.2) is 5.78 Å². The molecule has 2 aromatic heterocycles. The number of aliphatic hydroxyl groups is 1. The number of allylic oxidation sites excluding steroid dienone is 2. The Morgan fingerprint density at radius 3 is 2.45 bits per heavy atom. The van der Waals surface area contributed by atoms with E-state index in [1.807, 2.05) is 0 Å². The van der Waals surface area contributed by atoms with Crippen LogP contribution in [-0.2, 0) is 24.9 Å². The fraction of sp³-hybridized carbons (Fsp3) is 0.148. The molecule has 0 fully saturated rings. The number of ketones is 1. The molecule has 1 radical (unpaired) electrons. The number of aromatic nitrogens is 2. The summed E-state index contributed by atoms with van der Waals surface area (Å²) < 4.78 is 1.25. The van der Waals surface area contributed by atoms with Crippen molar-refractivity contribution in [2.24, 2.45) is 0 Å². The van der Waals surface area contributed by atoms with E-state index in [-0.39, 0.29) is 31.6 Å². The van der Waals surface area contributed by atoms with Gasteiger partial charge in [-0.05, 0) is 30.7 Å². The molecule has 2 heterocycles. The summed E-state index contributed by atoms with van der Waals surface area (Å²) in [4.78, 5) is 20.3. The Labute approximate surface area is 210 Å². The van der Waals surface area contributed by atoms with Crippen molar-refractivity contribution in [2.75, 3.05) is 0 Å². The van der Waals surface area contributed by atoms with E-state index in [2.05, 4.69) is 78.4 Å². The van der Waals surface area contributed by atoms with E-state index in [1.54, 1.807) is 17.7 Å². The van der Waals surface area contributed by atoms with Gasteiger partial charge in [-0.2, -0.15) is 0 Å². The number of hydrogen-bond acceptors (Lipinski definition) is 5. The van der Waals surface area contributed by atoms with Crippen LogP contribution in [0.4, 0.5) is 0 Å². The summed E-state index contributed by atoms with van der Waals surface area (Å²) in [5.41, 5.74) is 4.37. The third-order valence-electron chi connectivity index (χ3n) is 4.98. The minimum absolute atomic E-state index is 0. The van der Waals surface area contributed by atoms with Gasteiger partial charge in [-0.3, -0.25) is 9.78 Å². The molecular weight excluding hydrogens is 609 g/mol.